The quantitative estimate of drug-likeness (QED) is 0.879. The van der Waals surface area contributed by atoms with Crippen LogP contribution < -0.4 is 10.6 Å². The monoisotopic (exact) mass is 352 g/mol. The molecule has 1 aromatic rings. The molecule has 3 aliphatic rings. The number of amides is 1. The highest BCUT2D eigenvalue weighted by molar-refractivity contribution is 5.92. The molecule has 2 atom stereocenters. The van der Waals surface area contributed by atoms with E-state index in [9.17, 15) is 4.79 Å². The van der Waals surface area contributed by atoms with Crippen LogP contribution in [-0.4, -0.2) is 33.8 Å². The van der Waals surface area contributed by atoms with Crippen molar-refractivity contribution >= 4 is 18.3 Å². The van der Waals surface area contributed by atoms with Gasteiger partial charge < -0.3 is 10.6 Å². The second-order valence-electron chi connectivity index (χ2n) is 8.59. The molecular formula is C18H29ClN4O. The van der Waals surface area contributed by atoms with Crippen LogP contribution >= 0.6 is 12.4 Å². The minimum absolute atomic E-state index is 0. The van der Waals surface area contributed by atoms with Crippen molar-refractivity contribution in [1.29, 1.82) is 0 Å². The van der Waals surface area contributed by atoms with Gasteiger partial charge in [0.15, 0.2) is 0 Å². The summed E-state index contributed by atoms with van der Waals surface area (Å²) in [4.78, 5) is 12.7. The predicted octanol–water partition coefficient (Wildman–Crippen LogP) is 2.95. The van der Waals surface area contributed by atoms with Crippen LogP contribution in [0.5, 0.6) is 0 Å². The zero-order valence-corrected chi connectivity index (χ0v) is 15.7. The van der Waals surface area contributed by atoms with Crippen LogP contribution in [0.3, 0.4) is 0 Å². The Kier molecular flexibility index (Phi) is 4.69. The SMILES string of the molecule is CC(C)(C)n1nc(C(=O)NC2CC3CCC(C2)N3)cc1C1CC1.Cl. The molecule has 2 bridgehead atoms. The van der Waals surface area contributed by atoms with Crippen molar-refractivity contribution in [2.24, 2.45) is 0 Å². The highest BCUT2D eigenvalue weighted by Gasteiger charge is 2.36. The Labute approximate surface area is 150 Å². The molecule has 5 nitrogen and oxygen atoms in total. The first-order valence-electron chi connectivity index (χ1n) is 9.07. The van der Waals surface area contributed by atoms with Crippen LogP contribution in [0.15, 0.2) is 6.07 Å². The van der Waals surface area contributed by atoms with Gasteiger partial charge in [0.05, 0.1) is 5.54 Å². The van der Waals surface area contributed by atoms with Gasteiger partial charge in [0.25, 0.3) is 5.91 Å². The van der Waals surface area contributed by atoms with Gasteiger partial charge in [0, 0.05) is 29.7 Å². The lowest BCUT2D eigenvalue weighted by Crippen LogP contribution is -2.48. The Bertz CT molecular complexity index is 605. The van der Waals surface area contributed by atoms with E-state index < -0.39 is 0 Å². The minimum atomic E-state index is -0.0790. The smallest absolute Gasteiger partial charge is 0.272 e. The summed E-state index contributed by atoms with van der Waals surface area (Å²) < 4.78 is 2.06. The number of hydrogen-bond acceptors (Lipinski definition) is 3. The normalized spacial score (nSPS) is 29.2. The number of rotatable bonds is 3. The highest BCUT2D eigenvalue weighted by Crippen LogP contribution is 2.41. The molecule has 0 aromatic carbocycles. The van der Waals surface area contributed by atoms with Crippen LogP contribution in [0.4, 0.5) is 0 Å². The second-order valence-corrected chi connectivity index (χ2v) is 8.59. The highest BCUT2D eigenvalue weighted by atomic mass is 35.5. The van der Waals surface area contributed by atoms with E-state index in [-0.39, 0.29) is 23.9 Å². The van der Waals surface area contributed by atoms with Crippen molar-refractivity contribution in [3.8, 4) is 0 Å². The summed E-state index contributed by atoms with van der Waals surface area (Å²) in [7, 11) is 0. The fourth-order valence-electron chi connectivity index (χ4n) is 4.15. The van der Waals surface area contributed by atoms with Crippen molar-refractivity contribution in [2.45, 2.75) is 88.9 Å². The van der Waals surface area contributed by atoms with Crippen molar-refractivity contribution in [1.82, 2.24) is 20.4 Å². The van der Waals surface area contributed by atoms with Crippen LogP contribution in [0.1, 0.15) is 81.4 Å². The van der Waals surface area contributed by atoms with Gasteiger partial charge in [0.2, 0.25) is 0 Å². The van der Waals surface area contributed by atoms with E-state index in [0.717, 1.165) is 12.8 Å². The Morgan fingerprint density at radius 1 is 1.21 bits per heavy atom. The summed E-state index contributed by atoms with van der Waals surface area (Å²) in [5.41, 5.74) is 1.74. The van der Waals surface area contributed by atoms with Gasteiger partial charge in [-0.25, -0.2) is 0 Å². The van der Waals surface area contributed by atoms with Crippen molar-refractivity contribution in [3.05, 3.63) is 17.5 Å². The second kappa shape index (κ2) is 6.34. The molecule has 1 aromatic heterocycles. The molecule has 2 N–H and O–H groups in total. The van der Waals surface area contributed by atoms with Crippen molar-refractivity contribution in [3.63, 3.8) is 0 Å². The topological polar surface area (TPSA) is 59.0 Å². The molecule has 0 radical (unpaired) electrons. The average Bonchev–Trinajstić information content (AvgIpc) is 3.11. The molecule has 6 heteroatoms. The molecule has 24 heavy (non-hydrogen) atoms. The summed E-state index contributed by atoms with van der Waals surface area (Å²) in [6, 6.07) is 3.50. The molecule has 4 rings (SSSR count). The number of halogens is 1. The predicted molar refractivity (Wildman–Crippen MR) is 96.9 cm³/mol. The average molecular weight is 353 g/mol. The molecule has 3 heterocycles. The number of nitrogens with zero attached hydrogens (tertiary/aromatic N) is 2. The Balaban J connectivity index is 0.00000169. The van der Waals surface area contributed by atoms with Crippen LogP contribution in [0, 0.1) is 0 Å². The van der Waals surface area contributed by atoms with Gasteiger partial charge in [-0.2, -0.15) is 5.10 Å². The molecule has 1 aliphatic carbocycles. The van der Waals surface area contributed by atoms with E-state index >= 15 is 0 Å². The molecule has 134 valence electrons. The molecule has 2 saturated heterocycles. The Morgan fingerprint density at radius 3 is 2.38 bits per heavy atom. The van der Waals surface area contributed by atoms with E-state index in [4.69, 9.17) is 0 Å². The first-order chi connectivity index (χ1) is 10.9. The summed E-state index contributed by atoms with van der Waals surface area (Å²) in [5, 5.41) is 11.5. The van der Waals surface area contributed by atoms with Crippen LogP contribution in [0.25, 0.3) is 0 Å². The lowest BCUT2D eigenvalue weighted by atomic mass is 10.00. The van der Waals surface area contributed by atoms with Crippen LogP contribution in [0.2, 0.25) is 0 Å². The van der Waals surface area contributed by atoms with E-state index in [2.05, 4.69) is 41.2 Å². The molecule has 0 spiro atoms. The number of piperidine rings is 1. The maximum atomic E-state index is 12.7. The van der Waals surface area contributed by atoms with Gasteiger partial charge in [-0.3, -0.25) is 9.48 Å². The summed E-state index contributed by atoms with van der Waals surface area (Å²) >= 11 is 0. The van der Waals surface area contributed by atoms with Gasteiger partial charge >= 0.3 is 0 Å². The van der Waals surface area contributed by atoms with E-state index in [1.165, 1.54) is 31.4 Å². The van der Waals surface area contributed by atoms with Crippen LogP contribution in [-0.2, 0) is 5.54 Å². The van der Waals surface area contributed by atoms with Gasteiger partial charge in [-0.05, 0) is 65.4 Å². The number of aromatic nitrogens is 2. The molecule has 1 amide bonds. The summed E-state index contributed by atoms with van der Waals surface area (Å²) in [6.07, 6.45) is 7.05. The van der Waals surface area contributed by atoms with E-state index in [1.54, 1.807) is 0 Å². The van der Waals surface area contributed by atoms with Crippen molar-refractivity contribution < 1.29 is 4.79 Å². The number of hydrogen-bond donors (Lipinski definition) is 2. The first kappa shape index (κ1) is 17.7. The minimum Gasteiger partial charge on any atom is -0.348 e. The lowest BCUT2D eigenvalue weighted by Gasteiger charge is -2.29. The summed E-state index contributed by atoms with van der Waals surface area (Å²) in [5.74, 6) is 0.596. The van der Waals surface area contributed by atoms with Gasteiger partial charge in [0.1, 0.15) is 5.69 Å². The maximum Gasteiger partial charge on any atom is 0.272 e. The molecule has 2 aliphatic heterocycles. The maximum absolute atomic E-state index is 12.7. The Hall–Kier alpha value is -1.07. The third-order valence-corrected chi connectivity index (χ3v) is 5.41. The van der Waals surface area contributed by atoms with E-state index in [1.807, 2.05) is 6.07 Å². The van der Waals surface area contributed by atoms with Gasteiger partial charge in [-0.15, -0.1) is 12.4 Å². The fourth-order valence-corrected chi connectivity index (χ4v) is 4.15. The number of nitrogens with one attached hydrogen (secondary N) is 2. The molecular weight excluding hydrogens is 324 g/mol. The molecule has 1 saturated carbocycles. The summed E-state index contributed by atoms with van der Waals surface area (Å²) in [6.45, 7) is 6.45. The Morgan fingerprint density at radius 2 is 1.83 bits per heavy atom. The fraction of sp³-hybridized carbons (Fsp3) is 0.778. The number of carbonyl (C=O) groups excluding carboxylic acids is 1. The number of fused-ring (bicyclic) bond motifs is 2. The zero-order chi connectivity index (χ0) is 16.2. The number of carbonyl (C=O) groups is 1. The zero-order valence-electron chi connectivity index (χ0n) is 14.8. The van der Waals surface area contributed by atoms with Crippen molar-refractivity contribution in [2.75, 3.05) is 0 Å². The molecule has 3 fully saturated rings. The largest absolute Gasteiger partial charge is 0.348 e. The first-order valence-corrected chi connectivity index (χ1v) is 9.07. The van der Waals surface area contributed by atoms with Gasteiger partial charge in [-0.1, -0.05) is 0 Å². The third-order valence-electron chi connectivity index (χ3n) is 5.41. The standard InChI is InChI=1S/C18H28N4O.ClH/c1-18(2,3)22-16(11-4-5-11)10-15(21-22)17(23)20-14-8-12-6-7-13(9-14)19-12;/h10-14,19H,4-9H2,1-3H3,(H,20,23);1H. The third kappa shape index (κ3) is 3.47. The van der Waals surface area contributed by atoms with E-state index in [0.29, 0.717) is 29.7 Å². The molecule has 2 unspecified atom stereocenters. The lowest BCUT2D eigenvalue weighted by molar-refractivity contribution is 0.0917.